The molecule has 0 N–H and O–H groups in total. The highest BCUT2D eigenvalue weighted by molar-refractivity contribution is 9.09. The molecular weight excluding hydrogens is 390 g/mol. The van der Waals surface area contributed by atoms with E-state index in [2.05, 4.69) is 31.3 Å². The summed E-state index contributed by atoms with van der Waals surface area (Å²) >= 11 is 5.34. The van der Waals surface area contributed by atoms with Crippen LogP contribution in [-0.4, -0.2) is 44.0 Å². The number of amides is 1. The number of hydrogen-bond acceptors (Lipinski definition) is 6. The predicted molar refractivity (Wildman–Crippen MR) is 99.3 cm³/mol. The number of hydrazone groups is 1. The number of benzene rings is 1. The number of thioether (sulfide) groups is 1. The monoisotopic (exact) mass is 405 g/mol. The normalized spacial score (nSPS) is 32.4. The molecule has 0 radical (unpaired) electrons. The SMILES string of the molecule is CC1=NN(C2=N[C@H]3CC[C@@H](Br)[C@H]3S2)C(=O)[C@H]1N=Nc1ccccc1. The number of aliphatic imine (C=N–C) groups is 1. The molecule has 2 heterocycles. The van der Waals surface area contributed by atoms with Gasteiger partial charge in [0.2, 0.25) is 0 Å². The number of azo groups is 1. The molecule has 1 aromatic carbocycles. The van der Waals surface area contributed by atoms with Gasteiger partial charge in [-0.2, -0.15) is 20.3 Å². The van der Waals surface area contributed by atoms with Crippen molar-refractivity contribution >= 4 is 50.2 Å². The van der Waals surface area contributed by atoms with E-state index in [4.69, 9.17) is 4.99 Å². The zero-order valence-electron chi connectivity index (χ0n) is 13.0. The number of fused-ring (bicyclic) bond motifs is 1. The van der Waals surface area contributed by atoms with Crippen molar-refractivity contribution in [3.8, 4) is 0 Å². The lowest BCUT2D eigenvalue weighted by Crippen LogP contribution is -2.32. The summed E-state index contributed by atoms with van der Waals surface area (Å²) in [6.45, 7) is 1.81. The second-order valence-electron chi connectivity index (χ2n) is 6.00. The zero-order valence-corrected chi connectivity index (χ0v) is 15.4. The van der Waals surface area contributed by atoms with Crippen LogP contribution >= 0.6 is 27.7 Å². The standard InChI is InChI=1S/C16H16BrN5OS/c1-9-13(20-19-10-5-3-2-4-6-10)15(23)22(21-9)16-18-12-8-7-11(17)14(12)24-16/h2-6,11-14H,7-8H2,1H3/t11-,12+,13+,14-/m1/s1. The summed E-state index contributed by atoms with van der Waals surface area (Å²) in [6, 6.07) is 9.01. The first-order chi connectivity index (χ1) is 11.6. The number of alkyl halides is 1. The lowest BCUT2D eigenvalue weighted by atomic mass is 10.2. The van der Waals surface area contributed by atoms with E-state index in [1.165, 1.54) is 5.01 Å². The van der Waals surface area contributed by atoms with Crippen molar-refractivity contribution in [2.45, 2.75) is 41.9 Å². The molecule has 24 heavy (non-hydrogen) atoms. The van der Waals surface area contributed by atoms with E-state index in [0.29, 0.717) is 21.0 Å². The maximum absolute atomic E-state index is 12.7. The first kappa shape index (κ1) is 16.0. The van der Waals surface area contributed by atoms with Crippen LogP contribution in [0.1, 0.15) is 19.8 Å². The van der Waals surface area contributed by atoms with Crippen LogP contribution in [0.15, 0.2) is 50.7 Å². The van der Waals surface area contributed by atoms with Crippen LogP contribution in [0.25, 0.3) is 0 Å². The molecule has 4 rings (SSSR count). The largest absolute Gasteiger partial charge is 0.281 e. The molecule has 3 aliphatic rings. The van der Waals surface area contributed by atoms with Crippen molar-refractivity contribution in [3.05, 3.63) is 30.3 Å². The van der Waals surface area contributed by atoms with Crippen LogP contribution in [0.3, 0.4) is 0 Å². The number of rotatable bonds is 2. The van der Waals surface area contributed by atoms with Gasteiger partial charge in [0.25, 0.3) is 5.91 Å². The zero-order chi connectivity index (χ0) is 16.7. The highest BCUT2D eigenvalue weighted by Gasteiger charge is 2.45. The average molecular weight is 406 g/mol. The van der Waals surface area contributed by atoms with E-state index in [1.54, 1.807) is 18.7 Å². The van der Waals surface area contributed by atoms with Crippen molar-refractivity contribution in [1.82, 2.24) is 5.01 Å². The molecule has 4 atom stereocenters. The molecule has 0 spiro atoms. The van der Waals surface area contributed by atoms with Gasteiger partial charge in [-0.3, -0.25) is 9.79 Å². The van der Waals surface area contributed by atoms with Crippen molar-refractivity contribution in [1.29, 1.82) is 0 Å². The van der Waals surface area contributed by atoms with Crippen molar-refractivity contribution in [3.63, 3.8) is 0 Å². The molecule has 1 aliphatic carbocycles. The minimum absolute atomic E-state index is 0.176. The Labute approximate surface area is 152 Å². The van der Waals surface area contributed by atoms with E-state index in [1.807, 2.05) is 30.3 Å². The van der Waals surface area contributed by atoms with Gasteiger partial charge >= 0.3 is 0 Å². The van der Waals surface area contributed by atoms with E-state index < -0.39 is 6.04 Å². The van der Waals surface area contributed by atoms with Crippen LogP contribution in [-0.2, 0) is 4.79 Å². The number of hydrogen-bond donors (Lipinski definition) is 0. The molecular formula is C16H16BrN5OS. The summed E-state index contributed by atoms with van der Waals surface area (Å²) in [5.41, 5.74) is 1.37. The summed E-state index contributed by atoms with van der Waals surface area (Å²) in [6.07, 6.45) is 2.18. The van der Waals surface area contributed by atoms with Gasteiger partial charge in [-0.1, -0.05) is 45.9 Å². The fourth-order valence-corrected chi connectivity index (χ4v) is 5.28. The highest BCUT2D eigenvalue weighted by atomic mass is 79.9. The lowest BCUT2D eigenvalue weighted by Gasteiger charge is -2.14. The smallest absolute Gasteiger partial charge is 0.269 e. The number of halogens is 1. The molecule has 0 aromatic heterocycles. The van der Waals surface area contributed by atoms with Gasteiger partial charge < -0.3 is 0 Å². The molecule has 0 saturated heterocycles. The summed E-state index contributed by atoms with van der Waals surface area (Å²) < 4.78 is 0. The summed E-state index contributed by atoms with van der Waals surface area (Å²) in [4.78, 5) is 17.8. The number of amidine groups is 1. The van der Waals surface area contributed by atoms with Crippen molar-refractivity contribution < 1.29 is 4.79 Å². The van der Waals surface area contributed by atoms with Gasteiger partial charge in [0.15, 0.2) is 11.2 Å². The van der Waals surface area contributed by atoms with Gasteiger partial charge in [0.1, 0.15) is 0 Å². The fraction of sp³-hybridized carbons (Fsp3) is 0.438. The maximum Gasteiger partial charge on any atom is 0.281 e. The molecule has 2 aliphatic heterocycles. The number of carbonyl (C=O) groups is 1. The van der Waals surface area contributed by atoms with Crippen LogP contribution in [0, 0.1) is 0 Å². The Bertz CT molecular complexity index is 750. The maximum atomic E-state index is 12.7. The molecule has 124 valence electrons. The topological polar surface area (TPSA) is 69.8 Å². The molecule has 1 saturated carbocycles. The van der Waals surface area contributed by atoms with Gasteiger partial charge in [-0.05, 0) is 31.9 Å². The third kappa shape index (κ3) is 2.82. The Morgan fingerprint density at radius 3 is 2.83 bits per heavy atom. The fourth-order valence-electron chi connectivity index (χ4n) is 3.03. The lowest BCUT2D eigenvalue weighted by molar-refractivity contribution is -0.125. The third-order valence-corrected chi connectivity index (χ3v) is 7.10. The van der Waals surface area contributed by atoms with Crippen LogP contribution in [0.2, 0.25) is 0 Å². The first-order valence-corrected chi connectivity index (χ1v) is 9.66. The Kier molecular flexibility index (Phi) is 4.26. The molecule has 8 heteroatoms. The van der Waals surface area contributed by atoms with Gasteiger partial charge in [-0.15, -0.1) is 0 Å². The molecule has 0 unspecified atom stereocenters. The van der Waals surface area contributed by atoms with E-state index in [-0.39, 0.29) is 11.9 Å². The van der Waals surface area contributed by atoms with Crippen LogP contribution < -0.4 is 0 Å². The van der Waals surface area contributed by atoms with E-state index in [0.717, 1.165) is 18.5 Å². The molecule has 1 amide bonds. The minimum Gasteiger partial charge on any atom is -0.269 e. The Hall–Kier alpha value is -1.54. The molecule has 0 bridgehead atoms. The Morgan fingerprint density at radius 2 is 2.08 bits per heavy atom. The third-order valence-electron chi connectivity index (χ3n) is 4.31. The van der Waals surface area contributed by atoms with Crippen molar-refractivity contribution in [2.24, 2.45) is 20.3 Å². The molecule has 6 nitrogen and oxygen atoms in total. The van der Waals surface area contributed by atoms with Gasteiger partial charge in [0, 0.05) is 10.1 Å². The number of carbonyl (C=O) groups excluding carboxylic acids is 1. The first-order valence-electron chi connectivity index (χ1n) is 7.87. The minimum atomic E-state index is -0.659. The summed E-state index contributed by atoms with van der Waals surface area (Å²) in [5.74, 6) is -0.176. The van der Waals surface area contributed by atoms with Gasteiger partial charge in [0.05, 0.1) is 17.4 Å². The predicted octanol–water partition coefficient (Wildman–Crippen LogP) is 3.75. The Morgan fingerprint density at radius 1 is 1.29 bits per heavy atom. The number of nitrogens with zero attached hydrogens (tertiary/aromatic N) is 5. The second kappa shape index (κ2) is 6.40. The van der Waals surface area contributed by atoms with Crippen LogP contribution in [0.4, 0.5) is 5.69 Å². The van der Waals surface area contributed by atoms with Gasteiger partial charge in [-0.25, -0.2) is 0 Å². The van der Waals surface area contributed by atoms with Crippen LogP contribution in [0.5, 0.6) is 0 Å². The van der Waals surface area contributed by atoms with E-state index >= 15 is 0 Å². The second-order valence-corrected chi connectivity index (χ2v) is 8.32. The summed E-state index contributed by atoms with van der Waals surface area (Å²) in [7, 11) is 0. The molecule has 1 aromatic rings. The molecule has 1 fully saturated rings. The summed E-state index contributed by atoms with van der Waals surface area (Å²) in [5, 5.41) is 15.2. The van der Waals surface area contributed by atoms with E-state index in [9.17, 15) is 4.79 Å². The highest BCUT2D eigenvalue weighted by Crippen LogP contribution is 2.43. The quantitative estimate of drug-likeness (QED) is 0.555. The Balaban J connectivity index is 1.50. The van der Waals surface area contributed by atoms with Crippen molar-refractivity contribution in [2.75, 3.05) is 0 Å². The average Bonchev–Trinajstić information content (AvgIpc) is 3.23.